The Morgan fingerprint density at radius 1 is 1.07 bits per heavy atom. The highest BCUT2D eigenvalue weighted by Gasteiger charge is 2.15. The normalized spacial score (nSPS) is 12.1. The van der Waals surface area contributed by atoms with Crippen molar-refractivity contribution in [3.63, 3.8) is 0 Å². The minimum atomic E-state index is -1.08. The number of hydrogen-bond donors (Lipinski definition) is 0. The summed E-state index contributed by atoms with van der Waals surface area (Å²) < 4.78 is 11.2. The van der Waals surface area contributed by atoms with Crippen molar-refractivity contribution in [1.29, 1.82) is 0 Å². The van der Waals surface area contributed by atoms with Crippen LogP contribution in [0.4, 0.5) is 0 Å². The van der Waals surface area contributed by atoms with Gasteiger partial charge >= 0.3 is 0 Å². The third kappa shape index (κ3) is 4.05. The molecular formula is C19H25N7OSi. The van der Waals surface area contributed by atoms with Crippen molar-refractivity contribution >= 4 is 13.6 Å². The molecular weight excluding hydrogens is 370 g/mol. The largest absolute Gasteiger partial charge is 0.360 e. The Kier molecular flexibility index (Phi) is 4.86. The standard InChI is InChI=1S/C19H25N7OSi/c1-24-8-6-16(23-24)17-13-26-18(5-7-20-26)19(22-17)15-11-21-25(12-15)14-27-9-10-28(2,3)4/h5-8,11-13H,9-10,14H2,1-4H3. The number of rotatable bonds is 7. The summed E-state index contributed by atoms with van der Waals surface area (Å²) in [4.78, 5) is 4.84. The Labute approximate surface area is 164 Å². The van der Waals surface area contributed by atoms with Crippen molar-refractivity contribution in [2.45, 2.75) is 32.4 Å². The van der Waals surface area contributed by atoms with Crippen LogP contribution in [0.1, 0.15) is 0 Å². The molecule has 9 heteroatoms. The number of aryl methyl sites for hydroxylation is 1. The summed E-state index contributed by atoms with van der Waals surface area (Å²) in [6, 6.07) is 5.04. The molecule has 0 spiro atoms. The van der Waals surface area contributed by atoms with E-state index in [1.54, 1.807) is 10.9 Å². The van der Waals surface area contributed by atoms with Crippen LogP contribution in [-0.2, 0) is 18.5 Å². The lowest BCUT2D eigenvalue weighted by Crippen LogP contribution is -2.22. The van der Waals surface area contributed by atoms with Crippen molar-refractivity contribution in [1.82, 2.24) is 34.2 Å². The Hall–Kier alpha value is -2.78. The van der Waals surface area contributed by atoms with E-state index in [-0.39, 0.29) is 0 Å². The van der Waals surface area contributed by atoms with Crippen LogP contribution in [0.25, 0.3) is 28.2 Å². The van der Waals surface area contributed by atoms with Crippen LogP contribution in [0.3, 0.4) is 0 Å². The zero-order chi connectivity index (χ0) is 19.7. The Bertz CT molecular complexity index is 1090. The van der Waals surface area contributed by atoms with Gasteiger partial charge in [-0.15, -0.1) is 0 Å². The fraction of sp³-hybridized carbons (Fsp3) is 0.368. The van der Waals surface area contributed by atoms with Gasteiger partial charge in [-0.1, -0.05) is 19.6 Å². The molecule has 0 saturated carbocycles. The van der Waals surface area contributed by atoms with Crippen molar-refractivity contribution in [3.8, 4) is 22.6 Å². The van der Waals surface area contributed by atoms with Gasteiger partial charge in [-0.3, -0.25) is 4.68 Å². The molecule has 0 bridgehead atoms. The van der Waals surface area contributed by atoms with Gasteiger partial charge < -0.3 is 4.74 Å². The quantitative estimate of drug-likeness (QED) is 0.354. The van der Waals surface area contributed by atoms with Gasteiger partial charge in [0.25, 0.3) is 0 Å². The maximum Gasteiger partial charge on any atom is 0.139 e. The second-order valence-corrected chi connectivity index (χ2v) is 13.7. The summed E-state index contributed by atoms with van der Waals surface area (Å²) >= 11 is 0. The first-order chi connectivity index (χ1) is 13.4. The van der Waals surface area contributed by atoms with Crippen LogP contribution >= 0.6 is 0 Å². The molecule has 0 atom stereocenters. The van der Waals surface area contributed by atoms with Gasteiger partial charge in [0.2, 0.25) is 0 Å². The van der Waals surface area contributed by atoms with E-state index in [2.05, 4.69) is 34.9 Å². The van der Waals surface area contributed by atoms with Gasteiger partial charge in [0, 0.05) is 39.7 Å². The predicted molar refractivity (Wildman–Crippen MR) is 111 cm³/mol. The molecule has 0 amide bonds. The van der Waals surface area contributed by atoms with E-state index in [9.17, 15) is 0 Å². The van der Waals surface area contributed by atoms with Gasteiger partial charge in [-0.25, -0.2) is 14.2 Å². The molecule has 4 aromatic rings. The molecule has 0 fully saturated rings. The third-order valence-electron chi connectivity index (χ3n) is 4.49. The zero-order valence-electron chi connectivity index (χ0n) is 16.7. The lowest BCUT2D eigenvalue weighted by atomic mass is 10.2. The van der Waals surface area contributed by atoms with Crippen LogP contribution in [0.15, 0.2) is 43.1 Å². The molecule has 146 valence electrons. The maximum absolute atomic E-state index is 5.80. The number of hydrogen-bond acceptors (Lipinski definition) is 5. The highest BCUT2D eigenvalue weighted by atomic mass is 28.3. The van der Waals surface area contributed by atoms with Crippen LogP contribution in [-0.4, -0.2) is 48.8 Å². The fourth-order valence-electron chi connectivity index (χ4n) is 2.91. The monoisotopic (exact) mass is 395 g/mol. The molecule has 0 aliphatic rings. The molecule has 0 unspecified atom stereocenters. The van der Waals surface area contributed by atoms with Gasteiger partial charge in [0.1, 0.15) is 18.1 Å². The predicted octanol–water partition coefficient (Wildman–Crippen LogP) is 3.31. The van der Waals surface area contributed by atoms with Crippen molar-refractivity contribution in [2.24, 2.45) is 7.05 Å². The lowest BCUT2D eigenvalue weighted by Gasteiger charge is -2.15. The zero-order valence-corrected chi connectivity index (χ0v) is 17.7. The maximum atomic E-state index is 5.80. The highest BCUT2D eigenvalue weighted by Crippen LogP contribution is 2.25. The molecule has 28 heavy (non-hydrogen) atoms. The molecule has 0 aromatic carbocycles. The van der Waals surface area contributed by atoms with E-state index in [1.165, 1.54) is 0 Å². The van der Waals surface area contributed by atoms with E-state index in [1.807, 2.05) is 53.2 Å². The SMILES string of the molecule is Cn1ccc(-c2cn3nccc3c(-c3cnn(COCC[Si](C)(C)C)c3)n2)n1. The average molecular weight is 396 g/mol. The molecule has 0 N–H and O–H groups in total. The molecule has 8 nitrogen and oxygen atoms in total. The molecule has 0 aliphatic heterocycles. The third-order valence-corrected chi connectivity index (χ3v) is 6.20. The molecule has 4 aromatic heterocycles. The Morgan fingerprint density at radius 2 is 1.93 bits per heavy atom. The molecule has 0 aliphatic carbocycles. The summed E-state index contributed by atoms with van der Waals surface area (Å²) in [5.41, 5.74) is 4.26. The Morgan fingerprint density at radius 3 is 2.68 bits per heavy atom. The van der Waals surface area contributed by atoms with E-state index in [4.69, 9.17) is 9.72 Å². The second-order valence-electron chi connectivity index (χ2n) is 8.13. The lowest BCUT2D eigenvalue weighted by molar-refractivity contribution is 0.0786. The first-order valence-electron chi connectivity index (χ1n) is 9.34. The summed E-state index contributed by atoms with van der Waals surface area (Å²) in [5, 5.41) is 13.3. The van der Waals surface area contributed by atoms with E-state index >= 15 is 0 Å². The van der Waals surface area contributed by atoms with Gasteiger partial charge in [-0.05, 0) is 18.2 Å². The van der Waals surface area contributed by atoms with Crippen molar-refractivity contribution in [2.75, 3.05) is 6.61 Å². The van der Waals surface area contributed by atoms with E-state index in [0.29, 0.717) is 6.73 Å². The summed E-state index contributed by atoms with van der Waals surface area (Å²) in [6.45, 7) is 8.25. The molecule has 0 saturated heterocycles. The van der Waals surface area contributed by atoms with Gasteiger partial charge in [0.05, 0.1) is 29.8 Å². The average Bonchev–Trinajstić information content (AvgIpc) is 3.37. The van der Waals surface area contributed by atoms with Crippen molar-refractivity contribution in [3.05, 3.63) is 43.1 Å². The first-order valence-corrected chi connectivity index (χ1v) is 13.0. The van der Waals surface area contributed by atoms with E-state index < -0.39 is 8.07 Å². The number of ether oxygens (including phenoxy) is 1. The number of nitrogens with zero attached hydrogens (tertiary/aromatic N) is 7. The minimum absolute atomic E-state index is 0.444. The minimum Gasteiger partial charge on any atom is -0.360 e. The summed E-state index contributed by atoms with van der Waals surface area (Å²) in [7, 11) is 0.807. The van der Waals surface area contributed by atoms with Crippen LogP contribution in [0.2, 0.25) is 25.7 Å². The van der Waals surface area contributed by atoms with E-state index in [0.717, 1.165) is 40.8 Å². The van der Waals surface area contributed by atoms with Crippen LogP contribution < -0.4 is 0 Å². The smallest absolute Gasteiger partial charge is 0.139 e. The number of fused-ring (bicyclic) bond motifs is 1. The second kappa shape index (κ2) is 7.32. The fourth-order valence-corrected chi connectivity index (χ4v) is 3.66. The molecule has 0 radical (unpaired) electrons. The van der Waals surface area contributed by atoms with Crippen LogP contribution in [0, 0.1) is 0 Å². The van der Waals surface area contributed by atoms with Crippen molar-refractivity contribution < 1.29 is 4.74 Å². The topological polar surface area (TPSA) is 75.1 Å². The van der Waals surface area contributed by atoms with Gasteiger partial charge in [-0.2, -0.15) is 15.3 Å². The number of aromatic nitrogens is 7. The van der Waals surface area contributed by atoms with Crippen LogP contribution in [0.5, 0.6) is 0 Å². The summed E-state index contributed by atoms with van der Waals surface area (Å²) in [6.07, 6.45) is 9.35. The Balaban J connectivity index is 1.59. The molecule has 4 rings (SSSR count). The first kappa shape index (κ1) is 18.6. The van der Waals surface area contributed by atoms with Gasteiger partial charge in [0.15, 0.2) is 0 Å². The molecule has 4 heterocycles. The highest BCUT2D eigenvalue weighted by molar-refractivity contribution is 6.76. The summed E-state index contributed by atoms with van der Waals surface area (Å²) in [5.74, 6) is 0.